The first-order valence-electron chi connectivity index (χ1n) is 9.49. The number of piperidine rings is 1. The molecule has 9 nitrogen and oxygen atoms in total. The maximum atomic E-state index is 12.5. The Morgan fingerprint density at radius 1 is 1.39 bits per heavy atom. The SMILES string of the molecule is CC(C)(C)OC(=O)N1CCCC[C@H]1CCOc1nc2ccc([N+](=O)[O-])cc2[nH]1. The molecule has 0 spiro atoms. The van der Waals surface area contributed by atoms with Crippen molar-refractivity contribution in [2.75, 3.05) is 13.2 Å². The largest absolute Gasteiger partial charge is 0.465 e. The van der Waals surface area contributed by atoms with E-state index in [4.69, 9.17) is 9.47 Å². The Morgan fingerprint density at radius 3 is 2.89 bits per heavy atom. The van der Waals surface area contributed by atoms with Crippen LogP contribution in [0.25, 0.3) is 11.0 Å². The van der Waals surface area contributed by atoms with Crippen molar-refractivity contribution in [1.82, 2.24) is 14.9 Å². The number of nitro benzene ring substituents is 1. The van der Waals surface area contributed by atoms with E-state index in [1.165, 1.54) is 12.1 Å². The Kier molecular flexibility index (Phi) is 5.71. The lowest BCUT2D eigenvalue weighted by Gasteiger charge is -2.36. The van der Waals surface area contributed by atoms with Crippen LogP contribution in [0.3, 0.4) is 0 Å². The maximum Gasteiger partial charge on any atom is 0.410 e. The van der Waals surface area contributed by atoms with E-state index in [0.29, 0.717) is 36.6 Å². The number of aromatic amines is 1. The highest BCUT2D eigenvalue weighted by Crippen LogP contribution is 2.24. The molecule has 1 atom stereocenters. The van der Waals surface area contributed by atoms with E-state index in [0.717, 1.165) is 19.3 Å². The summed E-state index contributed by atoms with van der Waals surface area (Å²) in [5.74, 6) is 0. The minimum Gasteiger partial charge on any atom is -0.465 e. The lowest BCUT2D eigenvalue weighted by molar-refractivity contribution is -0.384. The second kappa shape index (κ2) is 8.04. The van der Waals surface area contributed by atoms with E-state index in [2.05, 4.69) is 9.97 Å². The van der Waals surface area contributed by atoms with Gasteiger partial charge in [-0.15, -0.1) is 0 Å². The minimum atomic E-state index is -0.521. The van der Waals surface area contributed by atoms with Gasteiger partial charge < -0.3 is 19.4 Å². The average Bonchev–Trinajstić information content (AvgIpc) is 3.02. The summed E-state index contributed by atoms with van der Waals surface area (Å²) in [5.41, 5.74) is 0.635. The van der Waals surface area contributed by atoms with Gasteiger partial charge in [-0.1, -0.05) is 0 Å². The van der Waals surface area contributed by atoms with Crippen LogP contribution in [0.15, 0.2) is 18.2 Å². The zero-order valence-electron chi connectivity index (χ0n) is 16.4. The number of aromatic nitrogens is 2. The molecule has 1 N–H and O–H groups in total. The van der Waals surface area contributed by atoms with Crippen LogP contribution in [-0.4, -0.2) is 50.7 Å². The van der Waals surface area contributed by atoms with Crippen molar-refractivity contribution in [2.24, 2.45) is 0 Å². The average molecular weight is 390 g/mol. The highest BCUT2D eigenvalue weighted by atomic mass is 16.6. The normalized spacial score (nSPS) is 17.5. The number of carbonyl (C=O) groups is 1. The molecule has 0 bridgehead atoms. The number of likely N-dealkylation sites (tertiary alicyclic amines) is 1. The fourth-order valence-corrected chi connectivity index (χ4v) is 3.31. The molecule has 2 aromatic rings. The fraction of sp³-hybridized carbons (Fsp3) is 0.579. The van der Waals surface area contributed by atoms with Crippen molar-refractivity contribution >= 4 is 22.8 Å². The Balaban J connectivity index is 1.59. The molecule has 1 aromatic heterocycles. The first-order valence-corrected chi connectivity index (χ1v) is 9.49. The number of fused-ring (bicyclic) bond motifs is 1. The summed E-state index contributed by atoms with van der Waals surface area (Å²) in [6.45, 7) is 6.65. The quantitative estimate of drug-likeness (QED) is 0.609. The molecule has 1 amide bonds. The molecule has 152 valence electrons. The Morgan fingerprint density at radius 2 is 2.18 bits per heavy atom. The molecule has 3 rings (SSSR count). The van der Waals surface area contributed by atoms with Crippen molar-refractivity contribution in [1.29, 1.82) is 0 Å². The number of hydrogen-bond donors (Lipinski definition) is 1. The Bertz CT molecular complexity index is 858. The molecule has 1 saturated heterocycles. The third kappa shape index (κ3) is 4.90. The van der Waals surface area contributed by atoms with Gasteiger partial charge in [0.25, 0.3) is 11.7 Å². The lowest BCUT2D eigenvalue weighted by Crippen LogP contribution is -2.46. The smallest absolute Gasteiger partial charge is 0.410 e. The molecule has 28 heavy (non-hydrogen) atoms. The van der Waals surface area contributed by atoms with Gasteiger partial charge in [-0.25, -0.2) is 4.79 Å². The number of ether oxygens (including phenoxy) is 2. The first kappa shape index (κ1) is 19.9. The Hall–Kier alpha value is -2.84. The third-order valence-electron chi connectivity index (χ3n) is 4.60. The zero-order chi connectivity index (χ0) is 20.3. The van der Waals surface area contributed by atoms with Crippen molar-refractivity contribution in [3.8, 4) is 6.01 Å². The van der Waals surface area contributed by atoms with Gasteiger partial charge in [0.05, 0.1) is 22.6 Å². The van der Waals surface area contributed by atoms with Gasteiger partial charge in [0, 0.05) is 31.1 Å². The van der Waals surface area contributed by atoms with Crippen LogP contribution in [0.4, 0.5) is 10.5 Å². The van der Waals surface area contributed by atoms with Gasteiger partial charge in [-0.05, 0) is 46.1 Å². The Labute approximate surface area is 163 Å². The number of amides is 1. The number of rotatable bonds is 5. The summed E-state index contributed by atoms with van der Waals surface area (Å²) in [7, 11) is 0. The number of hydrogen-bond acceptors (Lipinski definition) is 6. The molecule has 1 aliphatic heterocycles. The predicted molar refractivity (Wildman–Crippen MR) is 103 cm³/mol. The molecule has 1 aromatic carbocycles. The third-order valence-corrected chi connectivity index (χ3v) is 4.60. The number of nitrogens with one attached hydrogen (secondary N) is 1. The summed E-state index contributed by atoms with van der Waals surface area (Å²) < 4.78 is 11.2. The molecule has 0 unspecified atom stereocenters. The van der Waals surface area contributed by atoms with Crippen LogP contribution in [-0.2, 0) is 4.74 Å². The standard InChI is InChI=1S/C19H26N4O5/c1-19(2,3)28-18(24)22-10-5-4-6-13(22)9-11-27-17-20-15-8-7-14(23(25)26)12-16(15)21-17/h7-8,12-13H,4-6,9-11H2,1-3H3,(H,20,21)/t13-/m0/s1. The van der Waals surface area contributed by atoms with Crippen molar-refractivity contribution < 1.29 is 19.2 Å². The number of benzene rings is 1. The molecule has 2 heterocycles. The molecule has 9 heteroatoms. The summed E-state index contributed by atoms with van der Waals surface area (Å²) in [6, 6.07) is 4.81. The molecule has 0 saturated carbocycles. The monoisotopic (exact) mass is 390 g/mol. The van der Waals surface area contributed by atoms with Gasteiger partial charge >= 0.3 is 6.09 Å². The van der Waals surface area contributed by atoms with Crippen LogP contribution in [0.2, 0.25) is 0 Å². The zero-order valence-corrected chi connectivity index (χ0v) is 16.4. The molecule has 0 aliphatic carbocycles. The van der Waals surface area contributed by atoms with Gasteiger partial charge in [0.2, 0.25) is 0 Å². The van der Waals surface area contributed by atoms with Gasteiger partial charge in [-0.2, -0.15) is 4.98 Å². The van der Waals surface area contributed by atoms with E-state index in [1.807, 2.05) is 20.8 Å². The van der Waals surface area contributed by atoms with Crippen LogP contribution in [0, 0.1) is 10.1 Å². The highest BCUT2D eigenvalue weighted by molar-refractivity contribution is 5.78. The molecule has 0 radical (unpaired) electrons. The topological polar surface area (TPSA) is 111 Å². The summed E-state index contributed by atoms with van der Waals surface area (Å²) in [6.07, 6.45) is 3.33. The number of nitro groups is 1. The number of carbonyl (C=O) groups excluding carboxylic acids is 1. The van der Waals surface area contributed by atoms with Crippen molar-refractivity contribution in [3.63, 3.8) is 0 Å². The minimum absolute atomic E-state index is 0.00194. The molecular weight excluding hydrogens is 364 g/mol. The van der Waals surface area contributed by atoms with Crippen molar-refractivity contribution in [3.05, 3.63) is 28.3 Å². The highest BCUT2D eigenvalue weighted by Gasteiger charge is 2.30. The number of imidazole rings is 1. The van der Waals surface area contributed by atoms with Gasteiger partial charge in [-0.3, -0.25) is 10.1 Å². The van der Waals surface area contributed by atoms with Crippen LogP contribution < -0.4 is 4.74 Å². The fourth-order valence-electron chi connectivity index (χ4n) is 3.31. The second-order valence-electron chi connectivity index (χ2n) is 7.96. The molecular formula is C19H26N4O5. The number of nitrogens with zero attached hydrogens (tertiary/aromatic N) is 3. The summed E-state index contributed by atoms with van der Waals surface area (Å²) in [4.78, 5) is 31.9. The van der Waals surface area contributed by atoms with E-state index < -0.39 is 10.5 Å². The first-order chi connectivity index (χ1) is 13.2. The molecule has 1 fully saturated rings. The van der Waals surface area contributed by atoms with Crippen LogP contribution in [0.5, 0.6) is 6.01 Å². The summed E-state index contributed by atoms with van der Waals surface area (Å²) in [5, 5.41) is 10.9. The van der Waals surface area contributed by atoms with Gasteiger partial charge in [0.1, 0.15) is 5.60 Å². The maximum absolute atomic E-state index is 12.5. The van der Waals surface area contributed by atoms with E-state index in [9.17, 15) is 14.9 Å². The number of H-pyrrole nitrogens is 1. The second-order valence-corrected chi connectivity index (χ2v) is 7.96. The van der Waals surface area contributed by atoms with E-state index in [1.54, 1.807) is 11.0 Å². The van der Waals surface area contributed by atoms with Gasteiger partial charge in [0.15, 0.2) is 0 Å². The molecule has 1 aliphatic rings. The van der Waals surface area contributed by atoms with E-state index in [-0.39, 0.29) is 17.8 Å². The summed E-state index contributed by atoms with van der Waals surface area (Å²) >= 11 is 0. The van der Waals surface area contributed by atoms with E-state index >= 15 is 0 Å². The number of non-ortho nitro benzene ring substituents is 1. The van der Waals surface area contributed by atoms with Crippen molar-refractivity contribution in [2.45, 2.75) is 58.1 Å². The lowest BCUT2D eigenvalue weighted by atomic mass is 10.0. The van der Waals surface area contributed by atoms with Crippen LogP contribution >= 0.6 is 0 Å². The predicted octanol–water partition coefficient (Wildman–Crippen LogP) is 4.03. The van der Waals surface area contributed by atoms with Crippen LogP contribution in [0.1, 0.15) is 46.5 Å².